The van der Waals surface area contributed by atoms with Crippen molar-refractivity contribution >= 4 is 11.9 Å². The highest BCUT2D eigenvalue weighted by molar-refractivity contribution is 5.78. The van der Waals surface area contributed by atoms with Crippen LogP contribution >= 0.6 is 0 Å². The van der Waals surface area contributed by atoms with E-state index in [1.807, 2.05) is 0 Å². The molecular weight excluding hydrogens is 249 g/mol. The van der Waals surface area contributed by atoms with Crippen LogP contribution in [0.2, 0.25) is 0 Å². The van der Waals surface area contributed by atoms with Gasteiger partial charge in [-0.3, -0.25) is 9.59 Å². The number of carbonyl (C=O) groups is 2. The van der Waals surface area contributed by atoms with Gasteiger partial charge in [-0.25, -0.2) is 4.39 Å². The molecule has 0 spiro atoms. The largest absolute Gasteiger partial charge is 0.465 e. The Morgan fingerprint density at radius 1 is 1.37 bits per heavy atom. The van der Waals surface area contributed by atoms with Gasteiger partial charge in [0, 0.05) is 7.05 Å². The van der Waals surface area contributed by atoms with Crippen molar-refractivity contribution < 1.29 is 18.7 Å². The van der Waals surface area contributed by atoms with Crippen molar-refractivity contribution in [3.05, 3.63) is 35.6 Å². The predicted molar refractivity (Wildman–Crippen MR) is 66.9 cm³/mol. The van der Waals surface area contributed by atoms with Gasteiger partial charge in [0.1, 0.15) is 12.4 Å². The Hall–Kier alpha value is -1.91. The smallest absolute Gasteiger partial charge is 0.309 e. The van der Waals surface area contributed by atoms with E-state index in [0.717, 1.165) is 12.0 Å². The zero-order valence-electron chi connectivity index (χ0n) is 10.7. The van der Waals surface area contributed by atoms with Gasteiger partial charge >= 0.3 is 5.97 Å². The third-order valence-corrected chi connectivity index (χ3v) is 3.24. The molecule has 1 fully saturated rings. The highest BCUT2D eigenvalue weighted by Gasteiger charge is 2.45. The summed E-state index contributed by atoms with van der Waals surface area (Å²) >= 11 is 0. The molecule has 0 aromatic heterocycles. The number of rotatable bonds is 5. The molecule has 0 saturated heterocycles. The van der Waals surface area contributed by atoms with Crippen LogP contribution in [0, 0.1) is 11.7 Å². The summed E-state index contributed by atoms with van der Waals surface area (Å²) in [6.45, 7) is 0.102. The molecule has 0 unspecified atom stereocenters. The van der Waals surface area contributed by atoms with Crippen LogP contribution in [0.5, 0.6) is 0 Å². The molecule has 0 radical (unpaired) electrons. The molecule has 0 heterocycles. The fourth-order valence-electron chi connectivity index (χ4n) is 2.01. The summed E-state index contributed by atoms with van der Waals surface area (Å²) in [6, 6.07) is 6.17. The molecule has 1 amide bonds. The highest BCUT2D eigenvalue weighted by Crippen LogP contribution is 2.48. The fourth-order valence-corrected chi connectivity index (χ4v) is 2.01. The summed E-state index contributed by atoms with van der Waals surface area (Å²) in [5.41, 5.74) is 0.953. The minimum Gasteiger partial charge on any atom is -0.465 e. The molecule has 4 nitrogen and oxygen atoms in total. The maximum atomic E-state index is 12.8. The molecule has 0 aliphatic heterocycles. The van der Waals surface area contributed by atoms with Gasteiger partial charge in [-0.1, -0.05) is 12.1 Å². The molecule has 0 bridgehead atoms. The molecule has 5 heteroatoms. The number of esters is 1. The highest BCUT2D eigenvalue weighted by atomic mass is 19.1. The van der Waals surface area contributed by atoms with E-state index in [9.17, 15) is 14.0 Å². The average Bonchev–Trinajstić information content (AvgIpc) is 3.19. The van der Waals surface area contributed by atoms with Gasteiger partial charge in [0.15, 0.2) is 0 Å². The first-order valence-corrected chi connectivity index (χ1v) is 6.24. The number of ether oxygens (including phenoxy) is 1. The van der Waals surface area contributed by atoms with E-state index in [2.05, 4.69) is 5.32 Å². The lowest BCUT2D eigenvalue weighted by Gasteiger charge is -2.04. The Labute approximate surface area is 110 Å². The van der Waals surface area contributed by atoms with Gasteiger partial charge < -0.3 is 10.1 Å². The lowest BCUT2D eigenvalue weighted by Crippen LogP contribution is -2.20. The second-order valence-electron chi connectivity index (χ2n) is 4.59. The van der Waals surface area contributed by atoms with E-state index in [4.69, 9.17) is 4.74 Å². The van der Waals surface area contributed by atoms with Crippen molar-refractivity contribution in [2.45, 2.75) is 18.8 Å². The first kappa shape index (κ1) is 13.5. The normalized spacial score (nSPS) is 20.7. The molecular formula is C14H16FNO3. The summed E-state index contributed by atoms with van der Waals surface area (Å²) in [5.74, 6) is -0.755. The summed E-state index contributed by atoms with van der Waals surface area (Å²) < 4.78 is 17.8. The number of hydrogen-bond acceptors (Lipinski definition) is 3. The fraction of sp³-hybridized carbons (Fsp3) is 0.429. The second kappa shape index (κ2) is 5.82. The molecule has 1 aliphatic carbocycles. The molecule has 102 valence electrons. The van der Waals surface area contributed by atoms with E-state index >= 15 is 0 Å². The molecule has 1 aromatic rings. The lowest BCUT2D eigenvalue weighted by atomic mass is 10.1. The molecule has 1 aromatic carbocycles. The van der Waals surface area contributed by atoms with Crippen LogP contribution in [0.15, 0.2) is 24.3 Å². The van der Waals surface area contributed by atoms with E-state index in [0.29, 0.717) is 0 Å². The molecule has 19 heavy (non-hydrogen) atoms. The summed E-state index contributed by atoms with van der Waals surface area (Å²) in [7, 11) is 1.54. The van der Waals surface area contributed by atoms with Gasteiger partial charge in [-0.2, -0.15) is 0 Å². The summed E-state index contributed by atoms with van der Waals surface area (Å²) in [6.07, 6.45) is 0.903. The van der Waals surface area contributed by atoms with Crippen molar-refractivity contribution in [3.63, 3.8) is 0 Å². The molecule has 1 N–H and O–H groups in total. The maximum Gasteiger partial charge on any atom is 0.309 e. The lowest BCUT2D eigenvalue weighted by molar-refractivity contribution is -0.145. The molecule has 1 aliphatic rings. The predicted octanol–water partition coefficient (Wildman–Crippen LogP) is 1.61. The monoisotopic (exact) mass is 265 g/mol. The Morgan fingerprint density at radius 2 is 2.05 bits per heavy atom. The van der Waals surface area contributed by atoms with Crippen LogP contribution in [0.3, 0.4) is 0 Å². The van der Waals surface area contributed by atoms with Crippen LogP contribution in [-0.4, -0.2) is 25.5 Å². The van der Waals surface area contributed by atoms with Gasteiger partial charge in [0.2, 0.25) is 5.91 Å². The van der Waals surface area contributed by atoms with E-state index < -0.39 is 0 Å². The van der Waals surface area contributed by atoms with Crippen molar-refractivity contribution in [1.29, 1.82) is 0 Å². The van der Waals surface area contributed by atoms with Crippen molar-refractivity contribution in [2.24, 2.45) is 5.92 Å². The Balaban J connectivity index is 1.77. The SMILES string of the molecule is CNC(=O)CCOC(=O)[C@@H]1C[C@@H]1c1ccc(F)cc1. The van der Waals surface area contributed by atoms with Crippen LogP contribution < -0.4 is 5.32 Å². The van der Waals surface area contributed by atoms with Gasteiger partial charge in [0.05, 0.1) is 12.3 Å². The zero-order chi connectivity index (χ0) is 13.8. The molecule has 1 saturated carbocycles. The van der Waals surface area contributed by atoms with Crippen molar-refractivity contribution in [2.75, 3.05) is 13.7 Å². The van der Waals surface area contributed by atoms with Crippen LogP contribution in [0.25, 0.3) is 0 Å². The number of halogens is 1. The Bertz CT molecular complexity index is 472. The standard InChI is InChI=1S/C14H16FNO3/c1-16-13(17)6-7-19-14(18)12-8-11(12)9-2-4-10(15)5-3-9/h2-5,11-12H,6-8H2,1H3,(H,16,17)/t11-,12-/m1/s1. The average molecular weight is 265 g/mol. The number of hydrogen-bond donors (Lipinski definition) is 1. The Kier molecular flexibility index (Phi) is 4.14. The number of carbonyl (C=O) groups excluding carboxylic acids is 2. The second-order valence-corrected chi connectivity index (χ2v) is 4.59. The first-order chi connectivity index (χ1) is 9.11. The van der Waals surface area contributed by atoms with Crippen LogP contribution in [0.4, 0.5) is 4.39 Å². The third kappa shape index (κ3) is 3.53. The Morgan fingerprint density at radius 3 is 2.68 bits per heavy atom. The van der Waals surface area contributed by atoms with Crippen molar-refractivity contribution in [1.82, 2.24) is 5.32 Å². The summed E-state index contributed by atoms with van der Waals surface area (Å²) in [4.78, 5) is 22.7. The number of amides is 1. The van der Waals surface area contributed by atoms with E-state index in [-0.39, 0.29) is 42.6 Å². The summed E-state index contributed by atoms with van der Waals surface area (Å²) in [5, 5.41) is 2.46. The van der Waals surface area contributed by atoms with E-state index in [1.165, 1.54) is 19.2 Å². The quantitative estimate of drug-likeness (QED) is 0.823. The van der Waals surface area contributed by atoms with Crippen LogP contribution in [-0.2, 0) is 14.3 Å². The number of benzene rings is 1. The number of nitrogens with one attached hydrogen (secondary N) is 1. The molecule has 2 rings (SSSR count). The van der Waals surface area contributed by atoms with Crippen molar-refractivity contribution in [3.8, 4) is 0 Å². The third-order valence-electron chi connectivity index (χ3n) is 3.24. The van der Waals surface area contributed by atoms with Gasteiger partial charge in [0.25, 0.3) is 0 Å². The maximum absolute atomic E-state index is 12.8. The van der Waals surface area contributed by atoms with Gasteiger partial charge in [-0.15, -0.1) is 0 Å². The van der Waals surface area contributed by atoms with E-state index in [1.54, 1.807) is 12.1 Å². The van der Waals surface area contributed by atoms with Crippen LogP contribution in [0.1, 0.15) is 24.3 Å². The topological polar surface area (TPSA) is 55.4 Å². The minimum absolute atomic E-state index is 0.102. The first-order valence-electron chi connectivity index (χ1n) is 6.24. The molecule has 2 atom stereocenters. The zero-order valence-corrected chi connectivity index (χ0v) is 10.7. The minimum atomic E-state index is -0.283. The van der Waals surface area contributed by atoms with Gasteiger partial charge in [-0.05, 0) is 30.0 Å².